The highest BCUT2D eigenvalue weighted by atomic mass is 35.5. The van der Waals surface area contributed by atoms with Gasteiger partial charge in [-0.2, -0.15) is 0 Å². The zero-order chi connectivity index (χ0) is 16.7. The number of aromatic nitrogens is 3. The molecule has 1 heterocycles. The first-order valence-electron chi connectivity index (χ1n) is 7.60. The molecule has 0 aliphatic heterocycles. The van der Waals surface area contributed by atoms with E-state index in [1.54, 1.807) is 18.5 Å². The Labute approximate surface area is 140 Å². The number of carbonyl (C=O) groups excluding carboxylic acids is 1. The van der Waals surface area contributed by atoms with Gasteiger partial charge in [0.2, 0.25) is 5.91 Å². The second kappa shape index (κ2) is 8.53. The lowest BCUT2D eigenvalue weighted by Gasteiger charge is -2.11. The molecular formula is C16H21ClN4O2. The Morgan fingerprint density at radius 2 is 2.17 bits per heavy atom. The molecule has 1 amide bonds. The summed E-state index contributed by atoms with van der Waals surface area (Å²) in [4.78, 5) is 11.8. The molecule has 0 saturated carbocycles. The van der Waals surface area contributed by atoms with Crippen molar-refractivity contribution in [2.75, 3.05) is 6.61 Å². The lowest BCUT2D eigenvalue weighted by atomic mass is 10.3. The minimum Gasteiger partial charge on any atom is -0.492 e. The van der Waals surface area contributed by atoms with Crippen molar-refractivity contribution < 1.29 is 9.53 Å². The Kier molecular flexibility index (Phi) is 6.40. The first kappa shape index (κ1) is 17.3. The number of benzene rings is 1. The topological polar surface area (TPSA) is 69.0 Å². The van der Waals surface area contributed by atoms with Gasteiger partial charge >= 0.3 is 0 Å². The van der Waals surface area contributed by atoms with Gasteiger partial charge in [0, 0.05) is 12.5 Å². The summed E-state index contributed by atoms with van der Waals surface area (Å²) in [6.07, 6.45) is 2.68. The monoisotopic (exact) mass is 336 g/mol. The largest absolute Gasteiger partial charge is 0.492 e. The molecule has 0 bridgehead atoms. The number of ether oxygens (including phenoxy) is 1. The average molecular weight is 337 g/mol. The highest BCUT2D eigenvalue weighted by Gasteiger charge is 2.09. The summed E-state index contributed by atoms with van der Waals surface area (Å²) in [5, 5.41) is 11.3. The van der Waals surface area contributed by atoms with Crippen molar-refractivity contribution in [3.8, 4) is 5.75 Å². The number of hydrogen-bond acceptors (Lipinski definition) is 4. The van der Waals surface area contributed by atoms with Gasteiger partial charge in [-0.25, -0.2) is 0 Å². The van der Waals surface area contributed by atoms with Crippen molar-refractivity contribution in [2.24, 2.45) is 0 Å². The fourth-order valence-corrected chi connectivity index (χ4v) is 2.26. The van der Waals surface area contributed by atoms with Gasteiger partial charge in [0.1, 0.15) is 12.1 Å². The van der Waals surface area contributed by atoms with E-state index in [0.717, 1.165) is 5.82 Å². The van der Waals surface area contributed by atoms with Crippen LogP contribution in [0.2, 0.25) is 5.02 Å². The van der Waals surface area contributed by atoms with E-state index in [9.17, 15) is 4.79 Å². The summed E-state index contributed by atoms with van der Waals surface area (Å²) >= 11 is 5.99. The smallest absolute Gasteiger partial charge is 0.220 e. The van der Waals surface area contributed by atoms with E-state index in [1.165, 1.54) is 0 Å². The lowest BCUT2D eigenvalue weighted by Crippen LogP contribution is -2.25. The minimum atomic E-state index is -0.0361. The van der Waals surface area contributed by atoms with Gasteiger partial charge in [0.05, 0.1) is 18.2 Å². The molecule has 124 valence electrons. The van der Waals surface area contributed by atoms with Crippen LogP contribution in [0.3, 0.4) is 0 Å². The van der Waals surface area contributed by atoms with Crippen LogP contribution in [0.15, 0.2) is 30.6 Å². The van der Waals surface area contributed by atoms with Gasteiger partial charge < -0.3 is 14.6 Å². The van der Waals surface area contributed by atoms with Crippen LogP contribution in [0.4, 0.5) is 0 Å². The molecule has 0 radical (unpaired) electrons. The van der Waals surface area contributed by atoms with Gasteiger partial charge in [-0.1, -0.05) is 23.7 Å². The fourth-order valence-electron chi connectivity index (χ4n) is 2.07. The number of amides is 1. The summed E-state index contributed by atoms with van der Waals surface area (Å²) < 4.78 is 7.48. The minimum absolute atomic E-state index is 0.0361. The maximum absolute atomic E-state index is 11.8. The predicted molar refractivity (Wildman–Crippen MR) is 88.4 cm³/mol. The third-order valence-corrected chi connectivity index (χ3v) is 3.60. The van der Waals surface area contributed by atoms with E-state index in [0.29, 0.717) is 36.8 Å². The quantitative estimate of drug-likeness (QED) is 0.752. The number of rotatable bonds is 8. The number of hydrogen-bond donors (Lipinski definition) is 1. The molecule has 23 heavy (non-hydrogen) atoms. The molecule has 0 unspecified atom stereocenters. The van der Waals surface area contributed by atoms with E-state index in [1.807, 2.05) is 30.5 Å². The molecule has 7 heteroatoms. The average Bonchev–Trinajstić information content (AvgIpc) is 3.00. The molecule has 0 aliphatic rings. The Hall–Kier alpha value is -2.08. The van der Waals surface area contributed by atoms with Crippen molar-refractivity contribution >= 4 is 17.5 Å². The first-order valence-corrected chi connectivity index (χ1v) is 7.98. The van der Waals surface area contributed by atoms with Crippen molar-refractivity contribution in [3.63, 3.8) is 0 Å². The molecule has 2 aromatic rings. The van der Waals surface area contributed by atoms with Crippen LogP contribution in [0.25, 0.3) is 0 Å². The summed E-state index contributed by atoms with van der Waals surface area (Å²) in [5.41, 5.74) is 0. The number of halogens is 1. The molecule has 0 saturated heterocycles. The molecule has 0 atom stereocenters. The zero-order valence-corrected chi connectivity index (χ0v) is 14.1. The third kappa shape index (κ3) is 5.25. The molecule has 0 aliphatic carbocycles. The van der Waals surface area contributed by atoms with E-state index >= 15 is 0 Å². The highest BCUT2D eigenvalue weighted by Crippen LogP contribution is 2.23. The Morgan fingerprint density at radius 1 is 1.39 bits per heavy atom. The molecule has 0 fully saturated rings. The van der Waals surface area contributed by atoms with Gasteiger partial charge in [-0.05, 0) is 32.4 Å². The number of nitrogens with zero attached hydrogens (tertiary/aromatic N) is 3. The van der Waals surface area contributed by atoms with Crippen molar-refractivity contribution in [1.82, 2.24) is 20.1 Å². The standard InChI is InChI=1S/C16H21ClN4O2/c1-12(2)21-11-19-20-15(21)10-18-16(22)8-5-9-23-14-7-4-3-6-13(14)17/h3-4,6-7,11-12H,5,8-10H2,1-2H3,(H,18,22). The molecule has 1 N–H and O–H groups in total. The van der Waals surface area contributed by atoms with Crippen LogP contribution in [0.1, 0.15) is 38.6 Å². The molecular weight excluding hydrogens is 316 g/mol. The van der Waals surface area contributed by atoms with Gasteiger partial charge in [-0.15, -0.1) is 10.2 Å². The van der Waals surface area contributed by atoms with Crippen LogP contribution in [0.5, 0.6) is 5.75 Å². The van der Waals surface area contributed by atoms with Crippen LogP contribution < -0.4 is 10.1 Å². The fraction of sp³-hybridized carbons (Fsp3) is 0.438. The van der Waals surface area contributed by atoms with E-state index < -0.39 is 0 Å². The van der Waals surface area contributed by atoms with Crippen LogP contribution in [0, 0.1) is 0 Å². The Morgan fingerprint density at radius 3 is 2.91 bits per heavy atom. The second-order valence-corrected chi connectivity index (χ2v) is 5.81. The van der Waals surface area contributed by atoms with Crippen LogP contribution in [-0.4, -0.2) is 27.3 Å². The molecule has 2 rings (SSSR count). The highest BCUT2D eigenvalue weighted by molar-refractivity contribution is 6.32. The van der Waals surface area contributed by atoms with E-state index in [4.69, 9.17) is 16.3 Å². The third-order valence-electron chi connectivity index (χ3n) is 3.29. The summed E-state index contributed by atoms with van der Waals surface area (Å²) in [6.45, 7) is 4.91. The number of para-hydroxylation sites is 1. The van der Waals surface area contributed by atoms with Crippen LogP contribution >= 0.6 is 11.6 Å². The van der Waals surface area contributed by atoms with Crippen molar-refractivity contribution in [2.45, 2.75) is 39.3 Å². The van der Waals surface area contributed by atoms with E-state index in [2.05, 4.69) is 15.5 Å². The Balaban J connectivity index is 1.67. The number of nitrogens with one attached hydrogen (secondary N) is 1. The van der Waals surface area contributed by atoms with E-state index in [-0.39, 0.29) is 11.9 Å². The number of carbonyl (C=O) groups is 1. The molecule has 6 nitrogen and oxygen atoms in total. The summed E-state index contributed by atoms with van der Waals surface area (Å²) in [6, 6.07) is 7.55. The van der Waals surface area contributed by atoms with Crippen LogP contribution in [-0.2, 0) is 11.3 Å². The van der Waals surface area contributed by atoms with Gasteiger partial charge in [-0.3, -0.25) is 4.79 Å². The summed E-state index contributed by atoms with van der Waals surface area (Å²) in [7, 11) is 0. The zero-order valence-electron chi connectivity index (χ0n) is 13.3. The predicted octanol–water partition coefficient (Wildman–Crippen LogP) is 2.99. The normalized spacial score (nSPS) is 10.8. The van der Waals surface area contributed by atoms with Crippen molar-refractivity contribution in [3.05, 3.63) is 41.4 Å². The first-order chi connectivity index (χ1) is 11.1. The lowest BCUT2D eigenvalue weighted by molar-refractivity contribution is -0.121. The second-order valence-electron chi connectivity index (χ2n) is 5.41. The maximum Gasteiger partial charge on any atom is 0.220 e. The SMILES string of the molecule is CC(C)n1cnnc1CNC(=O)CCCOc1ccccc1Cl. The molecule has 1 aromatic carbocycles. The van der Waals surface area contributed by atoms with Gasteiger partial charge in [0.25, 0.3) is 0 Å². The Bertz CT molecular complexity index is 643. The maximum atomic E-state index is 11.8. The van der Waals surface area contributed by atoms with Gasteiger partial charge in [0.15, 0.2) is 5.82 Å². The molecule has 0 spiro atoms. The summed E-state index contributed by atoms with van der Waals surface area (Å²) in [5.74, 6) is 1.35. The van der Waals surface area contributed by atoms with Crippen molar-refractivity contribution in [1.29, 1.82) is 0 Å². The molecule has 1 aromatic heterocycles.